The first-order valence-electron chi connectivity index (χ1n) is 10.8. The topological polar surface area (TPSA) is 89.8 Å². The van der Waals surface area contributed by atoms with Crippen molar-refractivity contribution in [2.75, 3.05) is 10.6 Å². The number of nitrogens with one attached hydrogen (secondary N) is 2. The predicted octanol–water partition coefficient (Wildman–Crippen LogP) is 6.18. The van der Waals surface area contributed by atoms with Crippen LogP contribution >= 0.6 is 0 Å². The molecule has 0 saturated heterocycles. The van der Waals surface area contributed by atoms with Gasteiger partial charge in [0.2, 0.25) is 17.7 Å². The van der Waals surface area contributed by atoms with Crippen LogP contribution in [0.3, 0.4) is 0 Å². The quantitative estimate of drug-likeness (QED) is 0.267. The molecule has 0 bridgehead atoms. The monoisotopic (exact) mass is 463 g/mol. The van der Waals surface area contributed by atoms with Crippen LogP contribution in [0.15, 0.2) is 110 Å². The lowest BCUT2D eigenvalue weighted by molar-refractivity contribution is -0.111. The molecular formula is C27H21N5O3. The predicted molar refractivity (Wildman–Crippen MR) is 135 cm³/mol. The molecule has 0 saturated carbocycles. The summed E-state index contributed by atoms with van der Waals surface area (Å²) in [6.07, 6.45) is 1.21. The Labute approximate surface area is 201 Å². The Balaban J connectivity index is 1.35. The maximum absolute atomic E-state index is 11.6. The number of rotatable bonds is 8. The average molecular weight is 463 g/mol. The molecule has 0 aliphatic rings. The second-order valence-electron chi connectivity index (χ2n) is 7.46. The fourth-order valence-electron chi connectivity index (χ4n) is 3.35. The van der Waals surface area contributed by atoms with Crippen molar-refractivity contribution in [3.05, 3.63) is 110 Å². The van der Waals surface area contributed by atoms with Crippen molar-refractivity contribution >= 4 is 28.9 Å². The first-order chi connectivity index (χ1) is 17.2. The number of aromatic nitrogens is 3. The van der Waals surface area contributed by atoms with E-state index in [-0.39, 0.29) is 5.91 Å². The van der Waals surface area contributed by atoms with Crippen molar-refractivity contribution in [3.63, 3.8) is 0 Å². The summed E-state index contributed by atoms with van der Waals surface area (Å²) in [4.78, 5) is 16.1. The Bertz CT molecular complexity index is 1500. The first-order valence-corrected chi connectivity index (χ1v) is 10.8. The molecule has 0 aliphatic carbocycles. The summed E-state index contributed by atoms with van der Waals surface area (Å²) in [6, 6.07) is 29.6. The molecular weight excluding hydrogens is 442 g/mol. The van der Waals surface area contributed by atoms with Crippen LogP contribution in [-0.2, 0) is 4.79 Å². The smallest absolute Gasteiger partial charge is 0.247 e. The highest BCUT2D eigenvalue weighted by molar-refractivity contribution is 5.98. The van der Waals surface area contributed by atoms with Crippen LogP contribution in [0.1, 0.15) is 0 Å². The molecule has 2 N–H and O–H groups in total. The minimum atomic E-state index is -0.297. The molecule has 172 valence electrons. The zero-order valence-corrected chi connectivity index (χ0v) is 18.6. The number of carbonyl (C=O) groups excluding carboxylic acids is 1. The van der Waals surface area contributed by atoms with E-state index in [0.717, 1.165) is 11.4 Å². The van der Waals surface area contributed by atoms with Gasteiger partial charge in [0.15, 0.2) is 5.65 Å². The van der Waals surface area contributed by atoms with Gasteiger partial charge in [-0.3, -0.25) is 4.79 Å². The maximum Gasteiger partial charge on any atom is 0.247 e. The normalized spacial score (nSPS) is 10.5. The highest BCUT2D eigenvalue weighted by atomic mass is 16.5. The van der Waals surface area contributed by atoms with Crippen LogP contribution in [0, 0.1) is 0 Å². The van der Waals surface area contributed by atoms with E-state index in [0.29, 0.717) is 34.7 Å². The second-order valence-corrected chi connectivity index (χ2v) is 7.46. The highest BCUT2D eigenvalue weighted by Crippen LogP contribution is 2.27. The Hall–Kier alpha value is -5.11. The summed E-state index contributed by atoms with van der Waals surface area (Å²) < 4.78 is 13.5. The highest BCUT2D eigenvalue weighted by Gasteiger charge is 2.10. The summed E-state index contributed by atoms with van der Waals surface area (Å²) in [7, 11) is 0. The van der Waals surface area contributed by atoms with Gasteiger partial charge in [0.05, 0.1) is 0 Å². The van der Waals surface area contributed by atoms with Crippen LogP contribution in [-0.4, -0.2) is 20.5 Å². The number of anilines is 3. The fourth-order valence-corrected chi connectivity index (χ4v) is 3.35. The molecule has 2 heterocycles. The summed E-state index contributed by atoms with van der Waals surface area (Å²) in [5.74, 6) is 2.56. The number of hydrogen-bond donors (Lipinski definition) is 2. The first kappa shape index (κ1) is 21.7. The third kappa shape index (κ3) is 5.28. The van der Waals surface area contributed by atoms with Gasteiger partial charge in [0, 0.05) is 29.6 Å². The fraction of sp³-hybridized carbons (Fsp3) is 0. The SMILES string of the molecule is C=CC(=O)Nc1cccc(Oc2cccc3nc(Nc4cccc(Oc5ccccc5)c4)nn23)c1. The lowest BCUT2D eigenvalue weighted by Crippen LogP contribution is -2.07. The van der Waals surface area contributed by atoms with E-state index in [1.165, 1.54) is 6.08 Å². The van der Waals surface area contributed by atoms with Gasteiger partial charge < -0.3 is 20.1 Å². The van der Waals surface area contributed by atoms with Crippen LogP contribution in [0.25, 0.3) is 5.65 Å². The number of hydrogen-bond acceptors (Lipinski definition) is 6. The number of carbonyl (C=O) groups is 1. The Kier molecular flexibility index (Phi) is 6.08. The van der Waals surface area contributed by atoms with Crippen LogP contribution in [0.5, 0.6) is 23.1 Å². The molecule has 2 aromatic heterocycles. The van der Waals surface area contributed by atoms with Crippen molar-refractivity contribution in [2.24, 2.45) is 0 Å². The molecule has 35 heavy (non-hydrogen) atoms. The zero-order chi connectivity index (χ0) is 24.0. The Morgan fingerprint density at radius 3 is 2.29 bits per heavy atom. The van der Waals surface area contributed by atoms with Crippen LogP contribution in [0.4, 0.5) is 17.3 Å². The molecule has 8 nitrogen and oxygen atoms in total. The van der Waals surface area contributed by atoms with Gasteiger partial charge in [-0.2, -0.15) is 9.50 Å². The summed E-state index contributed by atoms with van der Waals surface area (Å²) in [5, 5.41) is 10.5. The largest absolute Gasteiger partial charge is 0.457 e. The van der Waals surface area contributed by atoms with E-state index in [1.54, 1.807) is 34.8 Å². The number of nitrogens with zero attached hydrogens (tertiary/aromatic N) is 3. The number of pyridine rings is 1. The van der Waals surface area contributed by atoms with Crippen LogP contribution < -0.4 is 20.1 Å². The average Bonchev–Trinajstić information content (AvgIpc) is 3.28. The molecule has 8 heteroatoms. The molecule has 0 atom stereocenters. The number of benzene rings is 3. The van der Waals surface area contributed by atoms with Gasteiger partial charge in [0.25, 0.3) is 0 Å². The number of fused-ring (bicyclic) bond motifs is 1. The van der Waals surface area contributed by atoms with E-state index in [1.807, 2.05) is 66.7 Å². The molecule has 3 aromatic carbocycles. The molecule has 1 amide bonds. The second kappa shape index (κ2) is 9.80. The molecule has 5 rings (SSSR count). The van der Waals surface area contributed by atoms with E-state index in [9.17, 15) is 4.79 Å². The van der Waals surface area contributed by atoms with E-state index < -0.39 is 0 Å². The van der Waals surface area contributed by atoms with Crippen molar-refractivity contribution in [3.8, 4) is 23.1 Å². The minimum Gasteiger partial charge on any atom is -0.457 e. The van der Waals surface area contributed by atoms with E-state index >= 15 is 0 Å². The molecule has 0 unspecified atom stereocenters. The number of amides is 1. The standard InChI is InChI=1S/C27H21N5O3/c1-2-25(33)28-19-9-6-14-23(17-19)35-26-16-8-15-24-30-27(31-32(24)26)29-20-10-7-13-22(18-20)34-21-11-4-3-5-12-21/h2-18H,1H2,(H,28,33)(H,29,31). The van der Waals surface area contributed by atoms with E-state index in [4.69, 9.17) is 9.47 Å². The van der Waals surface area contributed by atoms with Gasteiger partial charge in [-0.15, -0.1) is 5.10 Å². The lowest BCUT2D eigenvalue weighted by Gasteiger charge is -2.09. The van der Waals surface area contributed by atoms with Crippen molar-refractivity contribution in [1.29, 1.82) is 0 Å². The van der Waals surface area contributed by atoms with Gasteiger partial charge in [-0.1, -0.05) is 43.0 Å². The van der Waals surface area contributed by atoms with Gasteiger partial charge in [-0.05, 0) is 48.5 Å². The lowest BCUT2D eigenvalue weighted by atomic mass is 10.3. The van der Waals surface area contributed by atoms with Crippen molar-refractivity contribution in [2.45, 2.75) is 0 Å². The Morgan fingerprint density at radius 1 is 0.800 bits per heavy atom. The molecule has 0 fully saturated rings. The van der Waals surface area contributed by atoms with Crippen LogP contribution in [0.2, 0.25) is 0 Å². The van der Waals surface area contributed by atoms with Gasteiger partial charge in [-0.25, -0.2) is 0 Å². The molecule has 0 spiro atoms. The summed E-state index contributed by atoms with van der Waals surface area (Å²) in [5.41, 5.74) is 1.98. The summed E-state index contributed by atoms with van der Waals surface area (Å²) >= 11 is 0. The molecule has 5 aromatic rings. The molecule has 0 aliphatic heterocycles. The Morgan fingerprint density at radius 2 is 1.49 bits per heavy atom. The van der Waals surface area contributed by atoms with Gasteiger partial charge >= 0.3 is 0 Å². The number of para-hydroxylation sites is 1. The van der Waals surface area contributed by atoms with E-state index in [2.05, 4.69) is 27.3 Å². The molecule has 0 radical (unpaired) electrons. The van der Waals surface area contributed by atoms with Crippen molar-refractivity contribution in [1.82, 2.24) is 14.6 Å². The maximum atomic E-state index is 11.6. The third-order valence-corrected chi connectivity index (χ3v) is 4.90. The zero-order valence-electron chi connectivity index (χ0n) is 18.6. The van der Waals surface area contributed by atoms with Crippen molar-refractivity contribution < 1.29 is 14.3 Å². The minimum absolute atomic E-state index is 0.297. The summed E-state index contributed by atoms with van der Waals surface area (Å²) in [6.45, 7) is 3.46. The van der Waals surface area contributed by atoms with Gasteiger partial charge in [0.1, 0.15) is 17.2 Å². The third-order valence-electron chi connectivity index (χ3n) is 4.90. The number of ether oxygens (including phenoxy) is 2.